The van der Waals surface area contributed by atoms with E-state index in [9.17, 15) is 5.11 Å². The minimum atomic E-state index is -0.560. The predicted molar refractivity (Wildman–Crippen MR) is 89.0 cm³/mol. The largest absolute Gasteiger partial charge is 0.490 e. The summed E-state index contributed by atoms with van der Waals surface area (Å²) in [7, 11) is 0. The molecule has 2 N–H and O–H groups in total. The average molecular weight is 360 g/mol. The van der Waals surface area contributed by atoms with Crippen LogP contribution in [0.25, 0.3) is 0 Å². The molecule has 0 saturated carbocycles. The van der Waals surface area contributed by atoms with E-state index in [4.69, 9.17) is 9.47 Å². The number of aliphatic hydroxyl groups excluding tert-OH is 1. The van der Waals surface area contributed by atoms with Crippen LogP contribution in [0, 0.1) is 6.92 Å². The molecule has 0 aliphatic carbocycles. The number of rotatable bonds is 9. The topological polar surface area (TPSA) is 50.7 Å². The van der Waals surface area contributed by atoms with Crippen molar-refractivity contribution in [1.82, 2.24) is 5.32 Å². The first kappa shape index (κ1) is 18.4. The number of aryl methyl sites for hydroxylation is 1. The second kappa shape index (κ2) is 8.73. The molecule has 0 aliphatic heterocycles. The third-order valence-corrected chi connectivity index (χ3v) is 3.60. The molecule has 0 saturated heterocycles. The Hall–Kier alpha value is -0.620. The van der Waals surface area contributed by atoms with E-state index in [1.165, 1.54) is 0 Å². The molecule has 0 amide bonds. The van der Waals surface area contributed by atoms with E-state index in [0.717, 1.165) is 15.8 Å². The van der Waals surface area contributed by atoms with E-state index in [0.29, 0.717) is 19.7 Å². The fourth-order valence-electron chi connectivity index (χ4n) is 1.95. The van der Waals surface area contributed by atoms with Crippen molar-refractivity contribution in [3.8, 4) is 5.75 Å². The molecule has 21 heavy (non-hydrogen) atoms. The quantitative estimate of drug-likeness (QED) is 0.711. The minimum Gasteiger partial charge on any atom is -0.490 e. The standard InChI is InChI=1S/C16H26BrNO3/c1-5-21-16(3,4)11-18-9-13(19)10-20-15-7-6-12(2)8-14(15)17/h6-8,13,18-19H,5,9-11H2,1-4H3. The molecule has 1 aromatic rings. The summed E-state index contributed by atoms with van der Waals surface area (Å²) in [5, 5.41) is 13.1. The fraction of sp³-hybridized carbons (Fsp3) is 0.625. The van der Waals surface area contributed by atoms with Gasteiger partial charge in [0.2, 0.25) is 0 Å². The molecule has 1 unspecified atom stereocenters. The maximum absolute atomic E-state index is 9.94. The first-order valence-corrected chi connectivity index (χ1v) is 8.05. The van der Waals surface area contributed by atoms with Gasteiger partial charge < -0.3 is 19.9 Å². The number of halogens is 1. The molecule has 1 atom stereocenters. The van der Waals surface area contributed by atoms with Crippen LogP contribution in [0.3, 0.4) is 0 Å². The number of aliphatic hydroxyl groups is 1. The summed E-state index contributed by atoms with van der Waals surface area (Å²) in [5.41, 5.74) is 0.935. The zero-order valence-electron chi connectivity index (χ0n) is 13.3. The van der Waals surface area contributed by atoms with Gasteiger partial charge in [0.1, 0.15) is 18.5 Å². The molecule has 0 spiro atoms. The Morgan fingerprint density at radius 3 is 2.71 bits per heavy atom. The lowest BCUT2D eigenvalue weighted by molar-refractivity contribution is -0.0112. The Balaban J connectivity index is 2.29. The maximum atomic E-state index is 9.94. The van der Waals surface area contributed by atoms with Gasteiger partial charge in [0.05, 0.1) is 10.1 Å². The highest BCUT2D eigenvalue weighted by molar-refractivity contribution is 9.10. The molecule has 1 aromatic carbocycles. The average Bonchev–Trinajstić information content (AvgIpc) is 2.37. The second-order valence-corrected chi connectivity index (χ2v) is 6.58. The number of nitrogens with one attached hydrogen (secondary N) is 1. The Kier molecular flexibility index (Phi) is 7.66. The lowest BCUT2D eigenvalue weighted by Gasteiger charge is -2.25. The van der Waals surface area contributed by atoms with Gasteiger partial charge in [-0.2, -0.15) is 0 Å². The van der Waals surface area contributed by atoms with Crippen LogP contribution in [0.5, 0.6) is 5.75 Å². The summed E-state index contributed by atoms with van der Waals surface area (Å²) in [6.07, 6.45) is -0.560. The SMILES string of the molecule is CCOC(C)(C)CNCC(O)COc1ccc(C)cc1Br. The van der Waals surface area contributed by atoms with Crippen LogP contribution in [0.2, 0.25) is 0 Å². The van der Waals surface area contributed by atoms with Crippen LogP contribution in [-0.2, 0) is 4.74 Å². The summed E-state index contributed by atoms with van der Waals surface area (Å²) < 4.78 is 12.1. The molecular weight excluding hydrogens is 334 g/mol. The third-order valence-electron chi connectivity index (χ3n) is 2.98. The second-order valence-electron chi connectivity index (χ2n) is 5.72. The fourth-order valence-corrected chi connectivity index (χ4v) is 2.56. The van der Waals surface area contributed by atoms with E-state index >= 15 is 0 Å². The molecule has 0 heterocycles. The van der Waals surface area contributed by atoms with E-state index in [2.05, 4.69) is 21.2 Å². The number of hydrogen-bond acceptors (Lipinski definition) is 4. The third kappa shape index (κ3) is 7.27. The number of hydrogen-bond donors (Lipinski definition) is 2. The van der Waals surface area contributed by atoms with Crippen LogP contribution in [0.1, 0.15) is 26.3 Å². The molecule has 120 valence electrons. The van der Waals surface area contributed by atoms with E-state index in [1.54, 1.807) is 0 Å². The Labute approximate surface area is 136 Å². The summed E-state index contributed by atoms with van der Waals surface area (Å²) >= 11 is 3.45. The van der Waals surface area contributed by atoms with Crippen molar-refractivity contribution in [2.24, 2.45) is 0 Å². The molecule has 0 bridgehead atoms. The van der Waals surface area contributed by atoms with E-state index in [1.807, 2.05) is 45.9 Å². The summed E-state index contributed by atoms with van der Waals surface area (Å²) in [6.45, 7) is 10.1. The van der Waals surface area contributed by atoms with Gasteiger partial charge >= 0.3 is 0 Å². The minimum absolute atomic E-state index is 0.227. The van der Waals surface area contributed by atoms with Crippen molar-refractivity contribution in [1.29, 1.82) is 0 Å². The highest BCUT2D eigenvalue weighted by atomic mass is 79.9. The predicted octanol–water partition coefficient (Wildman–Crippen LogP) is 2.90. The zero-order chi connectivity index (χ0) is 15.9. The highest BCUT2D eigenvalue weighted by Gasteiger charge is 2.17. The Morgan fingerprint density at radius 1 is 1.38 bits per heavy atom. The Bertz CT molecular complexity index is 438. The van der Waals surface area contributed by atoms with Crippen LogP contribution in [0.15, 0.2) is 22.7 Å². The van der Waals surface area contributed by atoms with Gasteiger partial charge in [0, 0.05) is 19.7 Å². The van der Waals surface area contributed by atoms with Crippen molar-refractivity contribution >= 4 is 15.9 Å². The first-order valence-electron chi connectivity index (χ1n) is 7.26. The molecule has 0 aliphatic rings. The molecule has 0 fully saturated rings. The van der Waals surface area contributed by atoms with Gasteiger partial charge in [0.25, 0.3) is 0 Å². The van der Waals surface area contributed by atoms with E-state index in [-0.39, 0.29) is 12.2 Å². The van der Waals surface area contributed by atoms with Crippen molar-refractivity contribution in [2.45, 2.75) is 39.4 Å². The molecule has 4 nitrogen and oxygen atoms in total. The van der Waals surface area contributed by atoms with Gasteiger partial charge in [-0.25, -0.2) is 0 Å². The summed E-state index contributed by atoms with van der Waals surface area (Å²) in [6, 6.07) is 5.87. The van der Waals surface area contributed by atoms with Gasteiger partial charge in [-0.15, -0.1) is 0 Å². The Morgan fingerprint density at radius 2 is 2.10 bits per heavy atom. The molecule has 5 heteroatoms. The van der Waals surface area contributed by atoms with Crippen molar-refractivity contribution < 1.29 is 14.6 Å². The first-order chi connectivity index (χ1) is 9.84. The van der Waals surface area contributed by atoms with Crippen LogP contribution in [-0.4, -0.2) is 43.1 Å². The molecule has 0 aromatic heterocycles. The molecular formula is C16H26BrNO3. The van der Waals surface area contributed by atoms with E-state index < -0.39 is 6.10 Å². The summed E-state index contributed by atoms with van der Waals surface area (Å²) in [4.78, 5) is 0. The maximum Gasteiger partial charge on any atom is 0.133 e. The zero-order valence-corrected chi connectivity index (χ0v) is 14.9. The van der Waals surface area contributed by atoms with Crippen LogP contribution >= 0.6 is 15.9 Å². The van der Waals surface area contributed by atoms with Crippen LogP contribution in [0.4, 0.5) is 0 Å². The smallest absolute Gasteiger partial charge is 0.133 e. The van der Waals surface area contributed by atoms with Gasteiger partial charge in [0.15, 0.2) is 0 Å². The molecule has 0 radical (unpaired) electrons. The normalized spacial score (nSPS) is 13.2. The van der Waals surface area contributed by atoms with Crippen molar-refractivity contribution in [2.75, 3.05) is 26.3 Å². The van der Waals surface area contributed by atoms with Gasteiger partial charge in [-0.1, -0.05) is 6.07 Å². The van der Waals surface area contributed by atoms with Crippen LogP contribution < -0.4 is 10.1 Å². The highest BCUT2D eigenvalue weighted by Crippen LogP contribution is 2.25. The van der Waals surface area contributed by atoms with Gasteiger partial charge in [-0.3, -0.25) is 0 Å². The molecule has 1 rings (SSSR count). The van der Waals surface area contributed by atoms with Crippen molar-refractivity contribution in [3.63, 3.8) is 0 Å². The summed E-state index contributed by atoms with van der Waals surface area (Å²) in [5.74, 6) is 0.745. The lowest BCUT2D eigenvalue weighted by Crippen LogP contribution is -2.41. The van der Waals surface area contributed by atoms with Gasteiger partial charge in [-0.05, 0) is 61.3 Å². The lowest BCUT2D eigenvalue weighted by atomic mass is 10.1. The monoisotopic (exact) mass is 359 g/mol. The number of ether oxygens (including phenoxy) is 2. The van der Waals surface area contributed by atoms with Crippen molar-refractivity contribution in [3.05, 3.63) is 28.2 Å². The number of benzene rings is 1.